The van der Waals surface area contributed by atoms with E-state index in [0.29, 0.717) is 6.04 Å². The zero-order valence-electron chi connectivity index (χ0n) is 13.7. The average Bonchev–Trinajstić information content (AvgIpc) is 2.74. The molecule has 0 radical (unpaired) electrons. The van der Waals surface area contributed by atoms with Gasteiger partial charge in [0, 0.05) is 25.3 Å². The Morgan fingerprint density at radius 1 is 1.19 bits per heavy atom. The average molecular weight is 289 g/mol. The maximum atomic E-state index is 4.48. The van der Waals surface area contributed by atoms with E-state index in [9.17, 15) is 0 Å². The molecule has 3 heteroatoms. The van der Waals surface area contributed by atoms with Crippen LogP contribution >= 0.6 is 0 Å². The second-order valence-electron chi connectivity index (χ2n) is 6.21. The third-order valence-corrected chi connectivity index (χ3v) is 4.68. The Balaban J connectivity index is 1.94. The van der Waals surface area contributed by atoms with Crippen LogP contribution in [-0.2, 0) is 6.54 Å². The van der Waals surface area contributed by atoms with Crippen molar-refractivity contribution in [3.8, 4) is 0 Å². The highest BCUT2D eigenvalue weighted by Gasteiger charge is 2.24. The summed E-state index contributed by atoms with van der Waals surface area (Å²) in [4.78, 5) is 7.03. The van der Waals surface area contributed by atoms with Gasteiger partial charge < -0.3 is 5.32 Å². The number of nitrogens with one attached hydrogen (secondary N) is 1. The lowest BCUT2D eigenvalue weighted by atomic mass is 9.94. The molecule has 21 heavy (non-hydrogen) atoms. The molecule has 0 bridgehead atoms. The molecule has 0 aromatic carbocycles. The van der Waals surface area contributed by atoms with Crippen molar-refractivity contribution in [1.29, 1.82) is 0 Å². The van der Waals surface area contributed by atoms with Crippen LogP contribution < -0.4 is 5.32 Å². The number of nitrogens with zero attached hydrogens (tertiary/aromatic N) is 2. The van der Waals surface area contributed by atoms with Gasteiger partial charge in [0.25, 0.3) is 0 Å². The minimum absolute atomic E-state index is 0.704. The van der Waals surface area contributed by atoms with Gasteiger partial charge in [-0.25, -0.2) is 0 Å². The number of rotatable bonds is 7. The predicted octanol–water partition coefficient (Wildman–Crippen LogP) is 3.46. The summed E-state index contributed by atoms with van der Waals surface area (Å²) in [6.07, 6.45) is 8.81. The zero-order chi connectivity index (χ0) is 14.9. The summed E-state index contributed by atoms with van der Waals surface area (Å²) < 4.78 is 0. The van der Waals surface area contributed by atoms with Gasteiger partial charge in [-0.05, 0) is 44.0 Å². The second kappa shape index (κ2) is 9.16. The fourth-order valence-corrected chi connectivity index (χ4v) is 3.49. The Labute approximate surface area is 130 Å². The van der Waals surface area contributed by atoms with Crippen LogP contribution in [0.3, 0.4) is 0 Å². The smallest absolute Gasteiger partial charge is 0.0543 e. The van der Waals surface area contributed by atoms with Gasteiger partial charge in [0.05, 0.1) is 5.69 Å². The molecule has 1 heterocycles. The van der Waals surface area contributed by atoms with Crippen molar-refractivity contribution in [2.75, 3.05) is 19.6 Å². The summed E-state index contributed by atoms with van der Waals surface area (Å²) in [5.41, 5.74) is 1.19. The van der Waals surface area contributed by atoms with Crippen LogP contribution in [0.5, 0.6) is 0 Å². The van der Waals surface area contributed by atoms with Crippen molar-refractivity contribution in [3.63, 3.8) is 0 Å². The van der Waals surface area contributed by atoms with E-state index in [0.717, 1.165) is 25.6 Å². The van der Waals surface area contributed by atoms with Crippen molar-refractivity contribution in [2.24, 2.45) is 5.92 Å². The van der Waals surface area contributed by atoms with Gasteiger partial charge in [0.15, 0.2) is 0 Å². The van der Waals surface area contributed by atoms with Crippen molar-refractivity contribution >= 4 is 0 Å². The van der Waals surface area contributed by atoms with E-state index in [-0.39, 0.29) is 0 Å². The molecule has 1 N–H and O–H groups in total. The first kappa shape index (κ1) is 16.4. The quantitative estimate of drug-likeness (QED) is 0.779. The Morgan fingerprint density at radius 2 is 2.05 bits per heavy atom. The molecule has 0 saturated heterocycles. The highest BCUT2D eigenvalue weighted by Crippen LogP contribution is 2.24. The normalized spacial score (nSPS) is 23.2. The van der Waals surface area contributed by atoms with E-state index in [1.165, 1.54) is 44.3 Å². The lowest BCUT2D eigenvalue weighted by Crippen LogP contribution is -2.41. The number of hydrogen-bond acceptors (Lipinski definition) is 3. The number of aromatic nitrogens is 1. The maximum Gasteiger partial charge on any atom is 0.0543 e. The van der Waals surface area contributed by atoms with E-state index < -0.39 is 0 Å². The van der Waals surface area contributed by atoms with E-state index in [2.05, 4.69) is 41.2 Å². The molecule has 3 nitrogen and oxygen atoms in total. The minimum Gasteiger partial charge on any atom is -0.314 e. The van der Waals surface area contributed by atoms with Gasteiger partial charge >= 0.3 is 0 Å². The van der Waals surface area contributed by atoms with Crippen LogP contribution in [0.15, 0.2) is 24.4 Å². The molecule has 0 amide bonds. The molecule has 1 fully saturated rings. The zero-order valence-corrected chi connectivity index (χ0v) is 13.7. The van der Waals surface area contributed by atoms with Gasteiger partial charge in [-0.15, -0.1) is 0 Å². The van der Waals surface area contributed by atoms with Gasteiger partial charge in [0.1, 0.15) is 0 Å². The molecule has 118 valence electrons. The van der Waals surface area contributed by atoms with Crippen molar-refractivity contribution in [2.45, 2.75) is 58.5 Å². The number of pyridine rings is 1. The summed E-state index contributed by atoms with van der Waals surface area (Å²) in [5.74, 6) is 0.788. The highest BCUT2D eigenvalue weighted by molar-refractivity contribution is 5.03. The first-order valence-electron chi connectivity index (χ1n) is 8.69. The van der Waals surface area contributed by atoms with Crippen LogP contribution in [0, 0.1) is 5.92 Å². The van der Waals surface area contributed by atoms with E-state index in [1.54, 1.807) is 0 Å². The summed E-state index contributed by atoms with van der Waals surface area (Å²) in [7, 11) is 0. The minimum atomic E-state index is 0.704. The third kappa shape index (κ3) is 5.40. The first-order chi connectivity index (χ1) is 10.3. The highest BCUT2D eigenvalue weighted by atomic mass is 15.1. The van der Waals surface area contributed by atoms with Crippen molar-refractivity contribution in [1.82, 2.24) is 15.2 Å². The molecule has 2 atom stereocenters. The van der Waals surface area contributed by atoms with Crippen LogP contribution in [0.1, 0.15) is 51.6 Å². The van der Waals surface area contributed by atoms with E-state index in [1.807, 2.05) is 12.3 Å². The Kier molecular flexibility index (Phi) is 7.17. The molecular formula is C18H31N3. The second-order valence-corrected chi connectivity index (χ2v) is 6.21. The standard InChI is InChI=1S/C18H31N3/c1-3-19-18-12-7-5-6-10-16(18)14-21(4-2)15-17-11-8-9-13-20-17/h8-9,11,13,16,18-19H,3-7,10,12,14-15H2,1-2H3. The van der Waals surface area contributed by atoms with Crippen LogP contribution in [0.4, 0.5) is 0 Å². The van der Waals surface area contributed by atoms with Gasteiger partial charge in [-0.1, -0.05) is 39.2 Å². The summed E-state index contributed by atoms with van der Waals surface area (Å²) in [5, 5.41) is 3.73. The molecule has 1 saturated carbocycles. The largest absolute Gasteiger partial charge is 0.314 e. The third-order valence-electron chi connectivity index (χ3n) is 4.68. The van der Waals surface area contributed by atoms with Gasteiger partial charge in [0.2, 0.25) is 0 Å². The molecule has 0 spiro atoms. The monoisotopic (exact) mass is 289 g/mol. The molecule has 0 aliphatic heterocycles. The molecule has 2 rings (SSSR count). The fraction of sp³-hybridized carbons (Fsp3) is 0.722. The van der Waals surface area contributed by atoms with Crippen molar-refractivity contribution in [3.05, 3.63) is 30.1 Å². The Morgan fingerprint density at radius 3 is 2.76 bits per heavy atom. The first-order valence-corrected chi connectivity index (χ1v) is 8.69. The maximum absolute atomic E-state index is 4.48. The summed E-state index contributed by atoms with van der Waals surface area (Å²) >= 11 is 0. The lowest BCUT2D eigenvalue weighted by Gasteiger charge is -2.31. The van der Waals surface area contributed by atoms with E-state index >= 15 is 0 Å². The molecule has 1 aromatic heterocycles. The van der Waals surface area contributed by atoms with Gasteiger partial charge in [-0.2, -0.15) is 0 Å². The molecule has 1 aromatic rings. The molecular weight excluding hydrogens is 258 g/mol. The van der Waals surface area contributed by atoms with Crippen molar-refractivity contribution < 1.29 is 0 Å². The van der Waals surface area contributed by atoms with Gasteiger partial charge in [-0.3, -0.25) is 9.88 Å². The predicted molar refractivity (Wildman–Crippen MR) is 89.2 cm³/mol. The molecule has 1 aliphatic carbocycles. The molecule has 2 unspecified atom stereocenters. The van der Waals surface area contributed by atoms with Crippen LogP contribution in [0.2, 0.25) is 0 Å². The summed E-state index contributed by atoms with van der Waals surface area (Å²) in [6, 6.07) is 6.92. The molecule has 1 aliphatic rings. The Hall–Kier alpha value is -0.930. The Bertz CT molecular complexity index is 379. The van der Waals surface area contributed by atoms with Crippen LogP contribution in [-0.4, -0.2) is 35.6 Å². The van der Waals surface area contributed by atoms with Crippen LogP contribution in [0.25, 0.3) is 0 Å². The lowest BCUT2D eigenvalue weighted by molar-refractivity contribution is 0.194. The van der Waals surface area contributed by atoms with E-state index in [4.69, 9.17) is 0 Å². The SMILES string of the molecule is CCNC1CCCCCC1CN(CC)Cc1ccccn1. The number of hydrogen-bond donors (Lipinski definition) is 1. The summed E-state index contributed by atoms with van der Waals surface area (Å²) in [6.45, 7) is 8.87. The fourth-order valence-electron chi connectivity index (χ4n) is 3.49. The topological polar surface area (TPSA) is 28.2 Å².